The molecule has 0 saturated heterocycles. The largest absolute Gasteiger partial charge is 0.477 e. The molecular weight excluding hydrogens is 410 g/mol. The Morgan fingerprint density at radius 1 is 0.909 bits per heavy atom. The maximum Gasteiger partial charge on any atom is 0.360 e. The summed E-state index contributed by atoms with van der Waals surface area (Å²) in [7, 11) is 0. The first kappa shape index (κ1) is 29.6. The van der Waals surface area contributed by atoms with Gasteiger partial charge in [0.2, 0.25) is 5.84 Å². The van der Waals surface area contributed by atoms with Crippen molar-refractivity contribution in [3.05, 3.63) is 24.6 Å². The Kier molecular flexibility index (Phi) is 16.9. The van der Waals surface area contributed by atoms with Crippen LogP contribution in [0.15, 0.2) is 29.5 Å². The molecule has 0 spiro atoms. The standard InChI is InChI=1S/C28H51N3O2/c1-3-4-5-6-7-8-9-10-11-12-13-14-15-16-17-18-19-20-21-22-27-30-23-24-31(27,26(2)29)25-28(32)33/h6-7,23-24,26H,3-5,8-22,25,29H2,1-2H3/p+1/b7-6+. The molecule has 0 fully saturated rings. The summed E-state index contributed by atoms with van der Waals surface area (Å²) < 4.78 is 0.172. The average molecular weight is 463 g/mol. The number of nitrogens with two attached hydrogens (primary N) is 1. The minimum atomic E-state index is -0.836. The lowest BCUT2D eigenvalue weighted by Crippen LogP contribution is -2.59. The topological polar surface area (TPSA) is 75.7 Å². The molecule has 0 saturated carbocycles. The van der Waals surface area contributed by atoms with E-state index in [1.807, 2.05) is 13.1 Å². The number of rotatable bonds is 22. The van der Waals surface area contributed by atoms with Crippen molar-refractivity contribution in [2.24, 2.45) is 10.7 Å². The molecule has 0 amide bonds. The van der Waals surface area contributed by atoms with Crippen LogP contribution in [0, 0.1) is 0 Å². The maximum absolute atomic E-state index is 11.3. The van der Waals surface area contributed by atoms with Crippen LogP contribution in [0.2, 0.25) is 0 Å². The summed E-state index contributed by atoms with van der Waals surface area (Å²) in [5, 5.41) is 9.28. The van der Waals surface area contributed by atoms with Crippen LogP contribution in [-0.2, 0) is 4.79 Å². The second-order valence-electron chi connectivity index (χ2n) is 9.81. The Balaban J connectivity index is 1.92. The molecule has 2 unspecified atom stereocenters. The van der Waals surface area contributed by atoms with Crippen molar-refractivity contribution in [3.63, 3.8) is 0 Å². The number of nitrogens with zero attached hydrogens (tertiary/aromatic N) is 2. The van der Waals surface area contributed by atoms with Crippen LogP contribution in [-0.4, -0.2) is 34.1 Å². The molecule has 1 rings (SSSR count). The Morgan fingerprint density at radius 2 is 1.39 bits per heavy atom. The van der Waals surface area contributed by atoms with E-state index in [0.29, 0.717) is 0 Å². The number of unbranched alkanes of at least 4 members (excludes halogenated alkanes) is 15. The van der Waals surface area contributed by atoms with Crippen LogP contribution in [0.4, 0.5) is 0 Å². The number of hydrogen-bond donors (Lipinski definition) is 2. The Bertz CT molecular complexity index is 598. The third-order valence-corrected chi connectivity index (χ3v) is 6.82. The molecule has 1 aliphatic heterocycles. The first-order valence-corrected chi connectivity index (χ1v) is 13.8. The first-order chi connectivity index (χ1) is 16.0. The van der Waals surface area contributed by atoms with Gasteiger partial charge in [-0.1, -0.05) is 103 Å². The molecule has 2 atom stereocenters. The van der Waals surface area contributed by atoms with Crippen LogP contribution in [0.1, 0.15) is 129 Å². The van der Waals surface area contributed by atoms with Gasteiger partial charge in [-0.3, -0.25) is 5.73 Å². The molecule has 190 valence electrons. The monoisotopic (exact) mass is 462 g/mol. The second kappa shape index (κ2) is 18.9. The smallest absolute Gasteiger partial charge is 0.360 e. The summed E-state index contributed by atoms with van der Waals surface area (Å²) in [6.45, 7) is 4.09. The predicted molar refractivity (Wildman–Crippen MR) is 141 cm³/mol. The van der Waals surface area contributed by atoms with Gasteiger partial charge >= 0.3 is 5.97 Å². The molecule has 1 heterocycles. The number of carboxylic acids is 1. The average Bonchev–Trinajstić information content (AvgIpc) is 3.18. The number of allylic oxidation sites excluding steroid dienone is 2. The quantitative estimate of drug-likeness (QED) is 0.0984. The van der Waals surface area contributed by atoms with Gasteiger partial charge in [-0.15, -0.1) is 0 Å². The Hall–Kier alpha value is -1.46. The van der Waals surface area contributed by atoms with Gasteiger partial charge in [0, 0.05) is 13.3 Å². The fourth-order valence-corrected chi connectivity index (χ4v) is 4.63. The van der Waals surface area contributed by atoms with Crippen LogP contribution in [0.5, 0.6) is 0 Å². The van der Waals surface area contributed by atoms with E-state index in [-0.39, 0.29) is 17.2 Å². The Labute approximate surface area is 203 Å². The first-order valence-electron chi connectivity index (χ1n) is 13.8. The van der Waals surface area contributed by atoms with E-state index in [2.05, 4.69) is 24.1 Å². The van der Waals surface area contributed by atoms with E-state index in [4.69, 9.17) is 5.73 Å². The van der Waals surface area contributed by atoms with Crippen molar-refractivity contribution >= 4 is 11.8 Å². The summed E-state index contributed by atoms with van der Waals surface area (Å²) >= 11 is 0. The number of carboxylic acid groups (broad SMARTS) is 1. The molecule has 0 radical (unpaired) electrons. The van der Waals surface area contributed by atoms with E-state index < -0.39 is 5.97 Å². The lowest BCUT2D eigenvalue weighted by atomic mass is 10.0. The lowest BCUT2D eigenvalue weighted by Gasteiger charge is -2.34. The number of aliphatic imine (C=N–C) groups is 1. The number of aliphatic carboxylic acids is 1. The third kappa shape index (κ3) is 13.1. The van der Waals surface area contributed by atoms with E-state index in [1.165, 1.54) is 103 Å². The zero-order chi connectivity index (χ0) is 24.2. The molecule has 0 bridgehead atoms. The molecule has 0 aromatic rings. The molecule has 0 aliphatic carbocycles. The van der Waals surface area contributed by atoms with Crippen molar-refractivity contribution in [2.75, 3.05) is 6.54 Å². The lowest BCUT2D eigenvalue weighted by molar-refractivity contribution is -0.805. The number of carbonyl (C=O) groups is 1. The number of amidine groups is 1. The highest BCUT2D eigenvalue weighted by Crippen LogP contribution is 2.23. The van der Waals surface area contributed by atoms with Crippen molar-refractivity contribution in [1.82, 2.24) is 0 Å². The molecule has 5 nitrogen and oxygen atoms in total. The van der Waals surface area contributed by atoms with Crippen molar-refractivity contribution in [1.29, 1.82) is 0 Å². The minimum absolute atomic E-state index is 0.0243. The molecular formula is C28H52N3O2+. The molecule has 0 aromatic heterocycles. The van der Waals surface area contributed by atoms with E-state index >= 15 is 0 Å². The highest BCUT2D eigenvalue weighted by atomic mass is 16.4. The summed E-state index contributed by atoms with van der Waals surface area (Å²) in [6.07, 6.45) is 31.2. The van der Waals surface area contributed by atoms with Gasteiger partial charge in [0.25, 0.3) is 0 Å². The number of quaternary nitrogens is 1. The van der Waals surface area contributed by atoms with Crippen molar-refractivity contribution < 1.29 is 14.4 Å². The maximum atomic E-state index is 11.3. The number of hydrogen-bond acceptors (Lipinski definition) is 3. The Morgan fingerprint density at radius 3 is 1.88 bits per heavy atom. The molecule has 1 aliphatic rings. The zero-order valence-electron chi connectivity index (χ0n) is 21.6. The highest BCUT2D eigenvalue weighted by molar-refractivity contribution is 5.81. The highest BCUT2D eigenvalue weighted by Gasteiger charge is 2.40. The molecule has 0 aromatic carbocycles. The minimum Gasteiger partial charge on any atom is -0.477 e. The molecule has 33 heavy (non-hydrogen) atoms. The molecule has 5 heteroatoms. The van der Waals surface area contributed by atoms with Gasteiger partial charge in [0.05, 0.1) is 6.20 Å². The summed E-state index contributed by atoms with van der Waals surface area (Å²) in [5.74, 6) is 0.0629. The van der Waals surface area contributed by atoms with Gasteiger partial charge in [-0.25, -0.2) is 14.3 Å². The van der Waals surface area contributed by atoms with E-state index in [0.717, 1.165) is 18.7 Å². The zero-order valence-corrected chi connectivity index (χ0v) is 21.6. The third-order valence-electron chi connectivity index (χ3n) is 6.82. The fourth-order valence-electron chi connectivity index (χ4n) is 4.63. The summed E-state index contributed by atoms with van der Waals surface area (Å²) in [6, 6.07) is 0. The SMILES string of the molecule is CCCC/C=C/CCCCCCCCCCCCCCCC1=NC=C[N+]1(CC(=O)O)C(C)N. The van der Waals surface area contributed by atoms with Gasteiger partial charge < -0.3 is 5.11 Å². The second-order valence-corrected chi connectivity index (χ2v) is 9.81. The predicted octanol–water partition coefficient (Wildman–Crippen LogP) is 7.67. The van der Waals surface area contributed by atoms with E-state index in [9.17, 15) is 9.90 Å². The van der Waals surface area contributed by atoms with Crippen LogP contribution >= 0.6 is 0 Å². The molecule has 3 N–H and O–H groups in total. The normalized spacial score (nSPS) is 18.8. The summed E-state index contributed by atoms with van der Waals surface area (Å²) in [4.78, 5) is 15.7. The van der Waals surface area contributed by atoms with Crippen LogP contribution in [0.25, 0.3) is 0 Å². The summed E-state index contributed by atoms with van der Waals surface area (Å²) in [5.41, 5.74) is 6.12. The van der Waals surface area contributed by atoms with E-state index in [1.54, 1.807) is 6.20 Å². The van der Waals surface area contributed by atoms with Crippen molar-refractivity contribution in [2.45, 2.75) is 136 Å². The van der Waals surface area contributed by atoms with Crippen LogP contribution < -0.4 is 5.73 Å². The fraction of sp³-hybridized carbons (Fsp3) is 0.786. The van der Waals surface area contributed by atoms with Gasteiger partial charge in [0.1, 0.15) is 12.4 Å². The van der Waals surface area contributed by atoms with Gasteiger partial charge in [-0.05, 0) is 25.7 Å². The van der Waals surface area contributed by atoms with Crippen LogP contribution in [0.3, 0.4) is 0 Å². The van der Waals surface area contributed by atoms with Crippen molar-refractivity contribution in [3.8, 4) is 0 Å². The van der Waals surface area contributed by atoms with Gasteiger partial charge in [-0.2, -0.15) is 0 Å². The van der Waals surface area contributed by atoms with Gasteiger partial charge in [0.15, 0.2) is 6.54 Å².